The van der Waals surface area contributed by atoms with Crippen molar-refractivity contribution in [3.8, 4) is 5.69 Å². The van der Waals surface area contributed by atoms with Crippen molar-refractivity contribution in [2.75, 3.05) is 43.8 Å². The summed E-state index contributed by atoms with van der Waals surface area (Å²) in [5.74, 6) is -0.219. The Labute approximate surface area is 196 Å². The largest absolute Gasteiger partial charge is 0.339 e. The van der Waals surface area contributed by atoms with Gasteiger partial charge in [0.15, 0.2) is 5.16 Å². The molecule has 0 aliphatic carbocycles. The van der Waals surface area contributed by atoms with Gasteiger partial charge in [-0.3, -0.25) is 19.1 Å². The number of hydrogen-bond donors (Lipinski definition) is 1. The Balaban J connectivity index is 1.23. The Morgan fingerprint density at radius 2 is 1.88 bits per heavy atom. The van der Waals surface area contributed by atoms with Gasteiger partial charge in [0.25, 0.3) is 0 Å². The standard InChI is InChI=1S/C24H26FN5O2S/c1-18-4-2-7-21(14-18)30-9-8-26-24(30)33-17-23(32)29-12-10-28(11-13-29)16-22(31)27-20-6-3-5-19(25)15-20/h2-9,14-15H,10-13,16-17H2,1H3,(H,27,31). The minimum atomic E-state index is -0.390. The van der Waals surface area contributed by atoms with E-state index in [1.165, 1.54) is 23.9 Å². The third-order valence-corrected chi connectivity index (χ3v) is 6.36. The number of benzene rings is 2. The number of halogens is 1. The Morgan fingerprint density at radius 3 is 2.64 bits per heavy atom. The molecule has 4 rings (SSSR count). The molecule has 0 radical (unpaired) electrons. The number of rotatable bonds is 7. The molecule has 1 aliphatic heterocycles. The maximum atomic E-state index is 13.3. The van der Waals surface area contributed by atoms with Crippen molar-refractivity contribution in [1.82, 2.24) is 19.4 Å². The molecule has 0 unspecified atom stereocenters. The van der Waals surface area contributed by atoms with Gasteiger partial charge in [-0.1, -0.05) is 30.0 Å². The number of piperazine rings is 1. The van der Waals surface area contributed by atoms with Crippen LogP contribution in [0.25, 0.3) is 5.69 Å². The highest BCUT2D eigenvalue weighted by atomic mass is 32.2. The van der Waals surface area contributed by atoms with E-state index in [0.29, 0.717) is 37.6 Å². The number of carbonyl (C=O) groups excluding carboxylic acids is 2. The maximum absolute atomic E-state index is 13.3. The van der Waals surface area contributed by atoms with Crippen molar-refractivity contribution in [2.24, 2.45) is 0 Å². The van der Waals surface area contributed by atoms with Crippen LogP contribution >= 0.6 is 11.8 Å². The summed E-state index contributed by atoms with van der Waals surface area (Å²) >= 11 is 1.42. The molecule has 33 heavy (non-hydrogen) atoms. The van der Waals surface area contributed by atoms with Crippen molar-refractivity contribution in [1.29, 1.82) is 0 Å². The van der Waals surface area contributed by atoms with E-state index in [1.807, 2.05) is 45.7 Å². The lowest BCUT2D eigenvalue weighted by Gasteiger charge is -2.34. The second-order valence-corrected chi connectivity index (χ2v) is 8.87. The highest BCUT2D eigenvalue weighted by Crippen LogP contribution is 2.21. The second-order valence-electron chi connectivity index (χ2n) is 7.92. The van der Waals surface area contributed by atoms with Crippen LogP contribution in [0.15, 0.2) is 66.1 Å². The van der Waals surface area contributed by atoms with Crippen LogP contribution in [0.4, 0.5) is 10.1 Å². The molecule has 2 amide bonds. The topological polar surface area (TPSA) is 70.5 Å². The van der Waals surface area contributed by atoms with Crippen LogP contribution in [0.3, 0.4) is 0 Å². The molecule has 3 aromatic rings. The highest BCUT2D eigenvalue weighted by Gasteiger charge is 2.23. The van der Waals surface area contributed by atoms with Crippen molar-refractivity contribution in [3.05, 3.63) is 72.3 Å². The van der Waals surface area contributed by atoms with E-state index >= 15 is 0 Å². The third-order valence-electron chi connectivity index (χ3n) is 5.41. The fraction of sp³-hybridized carbons (Fsp3) is 0.292. The van der Waals surface area contributed by atoms with Crippen LogP contribution in [-0.4, -0.2) is 69.6 Å². The van der Waals surface area contributed by atoms with Gasteiger partial charge in [0, 0.05) is 49.9 Å². The van der Waals surface area contributed by atoms with E-state index in [-0.39, 0.29) is 24.2 Å². The molecule has 1 saturated heterocycles. The van der Waals surface area contributed by atoms with Gasteiger partial charge in [0.05, 0.1) is 12.3 Å². The number of thioether (sulfide) groups is 1. The average molecular weight is 468 g/mol. The quantitative estimate of drug-likeness (QED) is 0.541. The van der Waals surface area contributed by atoms with Crippen LogP contribution in [-0.2, 0) is 9.59 Å². The van der Waals surface area contributed by atoms with Crippen molar-refractivity contribution in [3.63, 3.8) is 0 Å². The van der Waals surface area contributed by atoms with Gasteiger partial charge in [-0.15, -0.1) is 0 Å². The van der Waals surface area contributed by atoms with Crippen LogP contribution in [0.1, 0.15) is 5.56 Å². The number of nitrogens with zero attached hydrogens (tertiary/aromatic N) is 4. The zero-order chi connectivity index (χ0) is 23.2. The number of carbonyl (C=O) groups is 2. The summed E-state index contributed by atoms with van der Waals surface area (Å²) in [4.78, 5) is 33.2. The average Bonchev–Trinajstić information content (AvgIpc) is 3.26. The number of amides is 2. The molecule has 1 aliphatic rings. The van der Waals surface area contributed by atoms with Crippen LogP contribution in [0, 0.1) is 12.7 Å². The molecule has 1 N–H and O–H groups in total. The van der Waals surface area contributed by atoms with Crippen LogP contribution in [0.2, 0.25) is 0 Å². The van der Waals surface area contributed by atoms with Crippen LogP contribution in [0.5, 0.6) is 0 Å². The Morgan fingerprint density at radius 1 is 1.09 bits per heavy atom. The molecule has 2 aromatic carbocycles. The van der Waals surface area contributed by atoms with E-state index in [2.05, 4.69) is 16.4 Å². The predicted molar refractivity (Wildman–Crippen MR) is 127 cm³/mol. The molecule has 1 aromatic heterocycles. The Bertz CT molecular complexity index is 1130. The molecule has 1 fully saturated rings. The summed E-state index contributed by atoms with van der Waals surface area (Å²) < 4.78 is 15.3. The monoisotopic (exact) mass is 467 g/mol. The van der Waals surface area contributed by atoms with Gasteiger partial charge in [-0.2, -0.15) is 0 Å². The molecule has 7 nitrogen and oxygen atoms in total. The number of aromatic nitrogens is 2. The van der Waals surface area contributed by atoms with E-state index in [9.17, 15) is 14.0 Å². The lowest BCUT2D eigenvalue weighted by molar-refractivity contribution is -0.130. The minimum Gasteiger partial charge on any atom is -0.339 e. The number of aryl methyl sites for hydroxylation is 1. The fourth-order valence-electron chi connectivity index (χ4n) is 3.71. The zero-order valence-electron chi connectivity index (χ0n) is 18.4. The number of imidazole rings is 1. The zero-order valence-corrected chi connectivity index (χ0v) is 19.2. The normalized spacial score (nSPS) is 14.3. The lowest BCUT2D eigenvalue weighted by atomic mass is 10.2. The van der Waals surface area contributed by atoms with E-state index in [4.69, 9.17) is 0 Å². The van der Waals surface area contributed by atoms with Gasteiger partial charge in [0.1, 0.15) is 5.82 Å². The van der Waals surface area contributed by atoms with Gasteiger partial charge in [-0.25, -0.2) is 9.37 Å². The van der Waals surface area contributed by atoms with Crippen molar-refractivity contribution >= 4 is 29.3 Å². The predicted octanol–water partition coefficient (Wildman–Crippen LogP) is 3.19. The smallest absolute Gasteiger partial charge is 0.238 e. The first kappa shape index (κ1) is 23.0. The summed E-state index contributed by atoms with van der Waals surface area (Å²) in [7, 11) is 0. The molecule has 0 bridgehead atoms. The summed E-state index contributed by atoms with van der Waals surface area (Å²) in [6, 6.07) is 14.0. The molecule has 172 valence electrons. The summed E-state index contributed by atoms with van der Waals surface area (Å²) in [6.45, 7) is 4.62. The van der Waals surface area contributed by atoms with Crippen LogP contribution < -0.4 is 5.32 Å². The molecule has 2 heterocycles. The SMILES string of the molecule is Cc1cccc(-n2ccnc2SCC(=O)N2CCN(CC(=O)Nc3cccc(F)c3)CC2)c1. The molecular weight excluding hydrogens is 441 g/mol. The van der Waals surface area contributed by atoms with Crippen molar-refractivity contribution in [2.45, 2.75) is 12.1 Å². The first-order chi connectivity index (χ1) is 16.0. The Hall–Kier alpha value is -3.17. The number of nitrogens with one attached hydrogen (secondary N) is 1. The number of anilines is 1. The number of hydrogen-bond acceptors (Lipinski definition) is 5. The lowest BCUT2D eigenvalue weighted by Crippen LogP contribution is -2.50. The second kappa shape index (κ2) is 10.6. The van der Waals surface area contributed by atoms with E-state index in [1.54, 1.807) is 18.3 Å². The first-order valence-electron chi connectivity index (χ1n) is 10.8. The first-order valence-corrected chi connectivity index (χ1v) is 11.8. The van der Waals surface area contributed by atoms with Gasteiger partial charge >= 0.3 is 0 Å². The van der Waals surface area contributed by atoms with Gasteiger partial charge in [0.2, 0.25) is 11.8 Å². The molecule has 0 atom stereocenters. The molecule has 0 spiro atoms. The third kappa shape index (κ3) is 6.21. The van der Waals surface area contributed by atoms with E-state index < -0.39 is 0 Å². The molecule has 0 saturated carbocycles. The summed E-state index contributed by atoms with van der Waals surface area (Å²) in [6.07, 6.45) is 3.64. The summed E-state index contributed by atoms with van der Waals surface area (Å²) in [5.41, 5.74) is 2.62. The van der Waals surface area contributed by atoms with Gasteiger partial charge < -0.3 is 10.2 Å². The van der Waals surface area contributed by atoms with E-state index in [0.717, 1.165) is 16.4 Å². The van der Waals surface area contributed by atoms with Gasteiger partial charge in [-0.05, 0) is 42.8 Å². The molecule has 9 heteroatoms. The molecular formula is C24H26FN5O2S. The summed E-state index contributed by atoms with van der Waals surface area (Å²) in [5, 5.41) is 3.49. The van der Waals surface area contributed by atoms with Crippen molar-refractivity contribution < 1.29 is 14.0 Å². The minimum absolute atomic E-state index is 0.0580. The fourth-order valence-corrected chi connectivity index (χ4v) is 4.59. The highest BCUT2D eigenvalue weighted by molar-refractivity contribution is 7.99. The Kier molecular flexibility index (Phi) is 7.41. The maximum Gasteiger partial charge on any atom is 0.238 e.